The molecule has 0 amide bonds. The predicted molar refractivity (Wildman–Crippen MR) is 68.0 cm³/mol. The number of anilines is 2. The second-order valence-electron chi connectivity index (χ2n) is 4.91. The van der Waals surface area contributed by atoms with E-state index in [0.29, 0.717) is 12.0 Å². The normalized spacial score (nSPS) is 27.9. The first-order valence-corrected chi connectivity index (χ1v) is 6.08. The Morgan fingerprint density at radius 1 is 1.31 bits per heavy atom. The highest BCUT2D eigenvalue weighted by Crippen LogP contribution is 2.40. The van der Waals surface area contributed by atoms with Crippen LogP contribution in [0.3, 0.4) is 0 Å². The standard InChI is InChI=1S/C13H19N3/c1-15-9-13-10(8-14)6-7-16(13)12-5-3-2-4-11(12)15/h2-5,10,13H,6-9,14H2,1H3. The molecule has 3 nitrogen and oxygen atoms in total. The third-order valence-corrected chi connectivity index (χ3v) is 4.05. The van der Waals surface area contributed by atoms with Crippen LogP contribution < -0.4 is 15.5 Å². The van der Waals surface area contributed by atoms with Gasteiger partial charge < -0.3 is 15.5 Å². The number of fused-ring (bicyclic) bond motifs is 3. The van der Waals surface area contributed by atoms with E-state index in [9.17, 15) is 0 Å². The van der Waals surface area contributed by atoms with Crippen LogP contribution in [0.15, 0.2) is 24.3 Å². The summed E-state index contributed by atoms with van der Waals surface area (Å²) in [5.74, 6) is 0.663. The second-order valence-corrected chi connectivity index (χ2v) is 4.91. The van der Waals surface area contributed by atoms with Crippen LogP contribution in [0.2, 0.25) is 0 Å². The fourth-order valence-electron chi connectivity index (χ4n) is 3.15. The van der Waals surface area contributed by atoms with Crippen molar-refractivity contribution in [1.82, 2.24) is 0 Å². The molecule has 2 heterocycles. The molecule has 86 valence electrons. The number of rotatable bonds is 1. The Balaban J connectivity index is 2.01. The van der Waals surface area contributed by atoms with Crippen molar-refractivity contribution in [2.75, 3.05) is 36.5 Å². The molecule has 1 aromatic carbocycles. The molecule has 0 aliphatic carbocycles. The van der Waals surface area contributed by atoms with Gasteiger partial charge in [0.15, 0.2) is 0 Å². The van der Waals surface area contributed by atoms with Gasteiger partial charge in [0.05, 0.1) is 17.4 Å². The van der Waals surface area contributed by atoms with E-state index >= 15 is 0 Å². The number of likely N-dealkylation sites (N-methyl/N-ethyl adjacent to an activating group) is 1. The molecular weight excluding hydrogens is 198 g/mol. The molecule has 1 fully saturated rings. The number of hydrogen-bond acceptors (Lipinski definition) is 3. The Kier molecular flexibility index (Phi) is 2.28. The SMILES string of the molecule is CN1CC2C(CN)CCN2c2ccccc21. The maximum Gasteiger partial charge on any atom is 0.0607 e. The minimum Gasteiger partial charge on any atom is -0.371 e. The van der Waals surface area contributed by atoms with E-state index in [1.165, 1.54) is 17.8 Å². The van der Waals surface area contributed by atoms with Crippen LogP contribution in [-0.2, 0) is 0 Å². The maximum absolute atomic E-state index is 5.86. The first-order valence-electron chi connectivity index (χ1n) is 6.08. The van der Waals surface area contributed by atoms with E-state index in [1.54, 1.807) is 0 Å². The van der Waals surface area contributed by atoms with Crippen molar-refractivity contribution in [2.45, 2.75) is 12.5 Å². The molecule has 0 spiro atoms. The lowest BCUT2D eigenvalue weighted by Crippen LogP contribution is -2.47. The van der Waals surface area contributed by atoms with Gasteiger partial charge in [-0.1, -0.05) is 12.1 Å². The first-order chi connectivity index (χ1) is 7.81. The highest BCUT2D eigenvalue weighted by Gasteiger charge is 2.38. The lowest BCUT2D eigenvalue weighted by Gasteiger charge is -2.41. The van der Waals surface area contributed by atoms with Gasteiger partial charge in [0.1, 0.15) is 0 Å². The smallest absolute Gasteiger partial charge is 0.0607 e. The fourth-order valence-corrected chi connectivity index (χ4v) is 3.15. The van der Waals surface area contributed by atoms with Crippen LogP contribution in [-0.4, -0.2) is 32.7 Å². The van der Waals surface area contributed by atoms with Gasteiger partial charge in [-0.15, -0.1) is 0 Å². The third kappa shape index (κ3) is 1.31. The highest BCUT2D eigenvalue weighted by atomic mass is 15.3. The van der Waals surface area contributed by atoms with Gasteiger partial charge in [-0.2, -0.15) is 0 Å². The monoisotopic (exact) mass is 217 g/mol. The van der Waals surface area contributed by atoms with Gasteiger partial charge in [0.25, 0.3) is 0 Å². The Labute approximate surface area is 96.8 Å². The topological polar surface area (TPSA) is 32.5 Å². The molecule has 16 heavy (non-hydrogen) atoms. The number of hydrogen-bond donors (Lipinski definition) is 1. The molecule has 0 radical (unpaired) electrons. The molecule has 1 saturated heterocycles. The van der Waals surface area contributed by atoms with Gasteiger partial charge in [-0.05, 0) is 31.0 Å². The van der Waals surface area contributed by atoms with Crippen molar-refractivity contribution >= 4 is 11.4 Å². The van der Waals surface area contributed by atoms with Crippen molar-refractivity contribution in [3.63, 3.8) is 0 Å². The van der Waals surface area contributed by atoms with Gasteiger partial charge in [0.2, 0.25) is 0 Å². The molecular formula is C13H19N3. The molecule has 3 heteroatoms. The van der Waals surface area contributed by atoms with Crippen molar-refractivity contribution in [3.05, 3.63) is 24.3 Å². The molecule has 2 unspecified atom stereocenters. The Morgan fingerprint density at radius 2 is 2.06 bits per heavy atom. The zero-order chi connectivity index (χ0) is 11.1. The molecule has 2 aliphatic heterocycles. The van der Waals surface area contributed by atoms with Crippen LogP contribution in [0, 0.1) is 5.92 Å². The minimum atomic E-state index is 0.616. The summed E-state index contributed by atoms with van der Waals surface area (Å²) in [5.41, 5.74) is 8.61. The maximum atomic E-state index is 5.86. The summed E-state index contributed by atoms with van der Waals surface area (Å²) < 4.78 is 0. The highest BCUT2D eigenvalue weighted by molar-refractivity contribution is 5.74. The van der Waals surface area contributed by atoms with Crippen LogP contribution in [0.5, 0.6) is 0 Å². The summed E-state index contributed by atoms with van der Waals surface area (Å²) in [6, 6.07) is 9.31. The number of nitrogens with zero attached hydrogens (tertiary/aromatic N) is 2. The minimum absolute atomic E-state index is 0.616. The Hall–Kier alpha value is -1.22. The van der Waals surface area contributed by atoms with Crippen LogP contribution in [0.25, 0.3) is 0 Å². The van der Waals surface area contributed by atoms with Crippen LogP contribution in [0.4, 0.5) is 11.4 Å². The third-order valence-electron chi connectivity index (χ3n) is 4.05. The second kappa shape index (κ2) is 3.67. The van der Waals surface area contributed by atoms with Gasteiger partial charge in [-0.3, -0.25) is 0 Å². The molecule has 0 bridgehead atoms. The molecule has 3 rings (SSSR count). The fraction of sp³-hybridized carbons (Fsp3) is 0.538. The van der Waals surface area contributed by atoms with Gasteiger partial charge in [-0.25, -0.2) is 0 Å². The van der Waals surface area contributed by atoms with E-state index in [0.717, 1.165) is 19.6 Å². The molecule has 0 aromatic heterocycles. The summed E-state index contributed by atoms with van der Waals surface area (Å²) in [5, 5.41) is 0. The Morgan fingerprint density at radius 3 is 2.81 bits per heavy atom. The van der Waals surface area contributed by atoms with Gasteiger partial charge >= 0.3 is 0 Å². The van der Waals surface area contributed by atoms with E-state index in [2.05, 4.69) is 41.1 Å². The van der Waals surface area contributed by atoms with Crippen molar-refractivity contribution in [1.29, 1.82) is 0 Å². The molecule has 2 atom stereocenters. The lowest BCUT2D eigenvalue weighted by molar-refractivity contribution is 0.473. The summed E-state index contributed by atoms with van der Waals surface area (Å²) >= 11 is 0. The Bertz CT molecular complexity index is 391. The zero-order valence-corrected chi connectivity index (χ0v) is 9.76. The van der Waals surface area contributed by atoms with E-state index in [-0.39, 0.29) is 0 Å². The largest absolute Gasteiger partial charge is 0.371 e. The number of benzene rings is 1. The molecule has 2 N–H and O–H groups in total. The first kappa shape index (κ1) is 9.97. The summed E-state index contributed by atoms with van der Waals surface area (Å²) in [4.78, 5) is 4.91. The summed E-state index contributed by atoms with van der Waals surface area (Å²) in [6.07, 6.45) is 1.24. The summed E-state index contributed by atoms with van der Waals surface area (Å²) in [6.45, 7) is 3.09. The average Bonchev–Trinajstić information content (AvgIpc) is 2.72. The lowest BCUT2D eigenvalue weighted by atomic mass is 9.98. The summed E-state index contributed by atoms with van der Waals surface area (Å²) in [7, 11) is 2.18. The van der Waals surface area contributed by atoms with Crippen LogP contribution in [0.1, 0.15) is 6.42 Å². The van der Waals surface area contributed by atoms with E-state index in [4.69, 9.17) is 5.73 Å². The van der Waals surface area contributed by atoms with Gasteiger partial charge in [0, 0.05) is 20.1 Å². The number of para-hydroxylation sites is 2. The zero-order valence-electron chi connectivity index (χ0n) is 9.76. The van der Waals surface area contributed by atoms with Crippen molar-refractivity contribution in [2.24, 2.45) is 11.7 Å². The van der Waals surface area contributed by atoms with E-state index < -0.39 is 0 Å². The number of nitrogens with two attached hydrogens (primary N) is 1. The van der Waals surface area contributed by atoms with Crippen LogP contribution >= 0.6 is 0 Å². The van der Waals surface area contributed by atoms with Crippen molar-refractivity contribution < 1.29 is 0 Å². The molecule has 0 saturated carbocycles. The average molecular weight is 217 g/mol. The van der Waals surface area contributed by atoms with E-state index in [1.807, 2.05) is 0 Å². The molecule has 2 aliphatic rings. The molecule has 1 aromatic rings. The van der Waals surface area contributed by atoms with Crippen molar-refractivity contribution in [3.8, 4) is 0 Å². The quantitative estimate of drug-likeness (QED) is 0.769. The predicted octanol–water partition coefficient (Wildman–Crippen LogP) is 1.29.